The maximum atomic E-state index is 12.7. The number of anilines is 1. The number of aromatic carboxylic acids is 1. The summed E-state index contributed by atoms with van der Waals surface area (Å²) in [6.07, 6.45) is -6.37. The molecule has 0 saturated carbocycles. The van der Waals surface area contributed by atoms with E-state index in [9.17, 15) is 22.8 Å². The number of alkyl halides is 3. The SMILES string of the molecule is Cc1ccc(C(=O)O)cc1NC(=O)C(F)C(F)F. The Morgan fingerprint density at radius 3 is 2.39 bits per heavy atom. The molecule has 0 aromatic heterocycles. The van der Waals surface area contributed by atoms with E-state index in [1.807, 2.05) is 5.32 Å². The van der Waals surface area contributed by atoms with Crippen LogP contribution in [0.25, 0.3) is 0 Å². The maximum Gasteiger partial charge on any atom is 0.335 e. The molecule has 18 heavy (non-hydrogen) atoms. The second-order valence-corrected chi connectivity index (χ2v) is 3.56. The molecule has 1 atom stereocenters. The van der Waals surface area contributed by atoms with Gasteiger partial charge in [-0.05, 0) is 24.6 Å². The first-order chi connectivity index (χ1) is 8.32. The number of benzene rings is 1. The second kappa shape index (κ2) is 5.52. The molecule has 1 aromatic carbocycles. The summed E-state index contributed by atoms with van der Waals surface area (Å²) in [5.74, 6) is -2.74. The predicted octanol–water partition coefficient (Wildman–Crippen LogP) is 2.23. The molecule has 0 aliphatic rings. The highest BCUT2D eigenvalue weighted by molar-refractivity contribution is 5.97. The minimum Gasteiger partial charge on any atom is -0.478 e. The van der Waals surface area contributed by atoms with Gasteiger partial charge in [0, 0.05) is 5.69 Å². The number of aryl methyl sites for hydroxylation is 1. The lowest BCUT2D eigenvalue weighted by molar-refractivity contribution is -0.125. The van der Waals surface area contributed by atoms with Crippen molar-refractivity contribution in [2.24, 2.45) is 0 Å². The molecule has 0 spiro atoms. The van der Waals surface area contributed by atoms with Crippen LogP contribution in [0.5, 0.6) is 0 Å². The van der Waals surface area contributed by atoms with E-state index < -0.39 is 24.5 Å². The van der Waals surface area contributed by atoms with E-state index in [2.05, 4.69) is 0 Å². The number of carbonyl (C=O) groups is 2. The first-order valence-corrected chi connectivity index (χ1v) is 4.90. The molecule has 0 bridgehead atoms. The van der Waals surface area contributed by atoms with Crippen LogP contribution in [0.3, 0.4) is 0 Å². The van der Waals surface area contributed by atoms with Gasteiger partial charge >= 0.3 is 5.97 Å². The zero-order chi connectivity index (χ0) is 13.9. The van der Waals surface area contributed by atoms with Gasteiger partial charge in [-0.1, -0.05) is 6.07 Å². The van der Waals surface area contributed by atoms with Crippen LogP contribution in [-0.4, -0.2) is 29.6 Å². The Hall–Kier alpha value is -2.05. The minimum absolute atomic E-state index is 0.0109. The third-order valence-electron chi connectivity index (χ3n) is 2.21. The van der Waals surface area contributed by atoms with Crippen LogP contribution in [0, 0.1) is 6.92 Å². The third kappa shape index (κ3) is 3.22. The Kier molecular flexibility index (Phi) is 4.30. The smallest absolute Gasteiger partial charge is 0.335 e. The van der Waals surface area contributed by atoms with Crippen molar-refractivity contribution in [2.75, 3.05) is 5.32 Å². The van der Waals surface area contributed by atoms with Gasteiger partial charge in [-0.25, -0.2) is 18.0 Å². The lowest BCUT2D eigenvalue weighted by Crippen LogP contribution is -2.30. The van der Waals surface area contributed by atoms with Crippen molar-refractivity contribution in [3.63, 3.8) is 0 Å². The fourth-order valence-electron chi connectivity index (χ4n) is 1.21. The first-order valence-electron chi connectivity index (χ1n) is 4.90. The summed E-state index contributed by atoms with van der Waals surface area (Å²) in [5.41, 5.74) is 0.293. The molecular weight excluding hydrogens is 251 g/mol. The van der Waals surface area contributed by atoms with Gasteiger partial charge in [0.05, 0.1) is 5.56 Å². The number of carboxylic acid groups (broad SMARTS) is 1. The largest absolute Gasteiger partial charge is 0.478 e. The van der Waals surface area contributed by atoms with Crippen LogP contribution in [0.1, 0.15) is 15.9 Å². The number of amides is 1. The summed E-state index contributed by atoms with van der Waals surface area (Å²) in [5, 5.41) is 10.7. The summed E-state index contributed by atoms with van der Waals surface area (Å²) < 4.78 is 36.6. The monoisotopic (exact) mass is 261 g/mol. The highest BCUT2D eigenvalue weighted by Crippen LogP contribution is 2.18. The van der Waals surface area contributed by atoms with Crippen molar-refractivity contribution >= 4 is 17.6 Å². The molecular formula is C11H10F3NO3. The zero-order valence-electron chi connectivity index (χ0n) is 9.28. The molecule has 0 fully saturated rings. The maximum absolute atomic E-state index is 12.7. The Balaban J connectivity index is 2.93. The average molecular weight is 261 g/mol. The van der Waals surface area contributed by atoms with Crippen molar-refractivity contribution < 1.29 is 27.9 Å². The van der Waals surface area contributed by atoms with Gasteiger partial charge in [0.25, 0.3) is 12.3 Å². The topological polar surface area (TPSA) is 66.4 Å². The summed E-state index contributed by atoms with van der Waals surface area (Å²) in [7, 11) is 0. The van der Waals surface area contributed by atoms with Crippen LogP contribution in [-0.2, 0) is 4.79 Å². The van der Waals surface area contributed by atoms with Crippen molar-refractivity contribution in [2.45, 2.75) is 19.5 Å². The van der Waals surface area contributed by atoms with E-state index in [1.165, 1.54) is 19.1 Å². The molecule has 0 saturated heterocycles. The number of nitrogens with one attached hydrogen (secondary N) is 1. The number of hydrogen-bond acceptors (Lipinski definition) is 2. The molecule has 0 heterocycles. The van der Waals surface area contributed by atoms with Gasteiger partial charge in [0.1, 0.15) is 0 Å². The van der Waals surface area contributed by atoms with Gasteiger partial charge in [-0.2, -0.15) is 0 Å². The summed E-state index contributed by atoms with van der Waals surface area (Å²) >= 11 is 0. The van der Waals surface area contributed by atoms with Crippen molar-refractivity contribution in [1.82, 2.24) is 0 Å². The molecule has 1 amide bonds. The molecule has 0 aliphatic heterocycles. The number of rotatable bonds is 4. The van der Waals surface area contributed by atoms with E-state index >= 15 is 0 Å². The Bertz CT molecular complexity index is 477. The van der Waals surface area contributed by atoms with Gasteiger partial charge in [-0.15, -0.1) is 0 Å². The highest BCUT2D eigenvalue weighted by atomic mass is 19.3. The fourth-order valence-corrected chi connectivity index (χ4v) is 1.21. The van der Waals surface area contributed by atoms with Crippen molar-refractivity contribution in [3.8, 4) is 0 Å². The van der Waals surface area contributed by atoms with E-state index in [0.717, 1.165) is 6.07 Å². The summed E-state index contributed by atoms with van der Waals surface area (Å²) in [4.78, 5) is 21.8. The quantitative estimate of drug-likeness (QED) is 0.873. The van der Waals surface area contributed by atoms with Crippen LogP contribution in [0.4, 0.5) is 18.9 Å². The zero-order valence-corrected chi connectivity index (χ0v) is 9.28. The van der Waals surface area contributed by atoms with Gasteiger partial charge < -0.3 is 10.4 Å². The Morgan fingerprint density at radius 1 is 1.28 bits per heavy atom. The lowest BCUT2D eigenvalue weighted by atomic mass is 10.1. The third-order valence-corrected chi connectivity index (χ3v) is 2.21. The van der Waals surface area contributed by atoms with Crippen LogP contribution in [0.15, 0.2) is 18.2 Å². The normalized spacial score (nSPS) is 12.3. The Labute approximate surface area is 100 Å². The van der Waals surface area contributed by atoms with Crippen LogP contribution in [0.2, 0.25) is 0 Å². The number of carboxylic acids is 1. The van der Waals surface area contributed by atoms with Crippen molar-refractivity contribution in [3.05, 3.63) is 29.3 Å². The highest BCUT2D eigenvalue weighted by Gasteiger charge is 2.28. The standard InChI is InChI=1S/C11H10F3NO3/c1-5-2-3-6(11(17)18)4-7(5)15-10(16)8(12)9(13)14/h2-4,8-9H,1H3,(H,15,16)(H,17,18). The molecule has 98 valence electrons. The fraction of sp³-hybridized carbons (Fsp3) is 0.273. The molecule has 0 aliphatic carbocycles. The van der Waals surface area contributed by atoms with E-state index in [1.54, 1.807) is 0 Å². The van der Waals surface area contributed by atoms with E-state index in [0.29, 0.717) is 5.56 Å². The molecule has 1 rings (SSSR count). The van der Waals surface area contributed by atoms with E-state index in [-0.39, 0.29) is 11.3 Å². The second-order valence-electron chi connectivity index (χ2n) is 3.56. The van der Waals surface area contributed by atoms with Gasteiger partial charge in [-0.3, -0.25) is 4.79 Å². The number of halogens is 3. The number of carbonyl (C=O) groups excluding carboxylic acids is 1. The molecule has 4 nitrogen and oxygen atoms in total. The molecule has 2 N–H and O–H groups in total. The average Bonchev–Trinajstić information content (AvgIpc) is 2.30. The van der Waals surface area contributed by atoms with Gasteiger partial charge in [0.15, 0.2) is 0 Å². The predicted molar refractivity (Wildman–Crippen MR) is 57.7 cm³/mol. The molecule has 7 heteroatoms. The Morgan fingerprint density at radius 2 is 1.89 bits per heavy atom. The van der Waals surface area contributed by atoms with Crippen LogP contribution < -0.4 is 5.32 Å². The lowest BCUT2D eigenvalue weighted by Gasteiger charge is -2.11. The molecule has 1 unspecified atom stereocenters. The van der Waals surface area contributed by atoms with Crippen molar-refractivity contribution in [1.29, 1.82) is 0 Å². The van der Waals surface area contributed by atoms with Crippen LogP contribution >= 0.6 is 0 Å². The van der Waals surface area contributed by atoms with Gasteiger partial charge in [0.2, 0.25) is 6.17 Å². The summed E-state index contributed by atoms with van der Waals surface area (Å²) in [6.45, 7) is 1.52. The minimum atomic E-state index is -3.42. The summed E-state index contributed by atoms with van der Waals surface area (Å²) in [6, 6.07) is 3.75. The first kappa shape index (κ1) is 14.0. The molecule has 1 aromatic rings. The number of hydrogen-bond donors (Lipinski definition) is 2. The molecule has 0 radical (unpaired) electrons. The van der Waals surface area contributed by atoms with E-state index in [4.69, 9.17) is 5.11 Å².